The van der Waals surface area contributed by atoms with Crippen molar-refractivity contribution < 1.29 is 24.3 Å². The number of carbonyl (C=O) groups is 1. The lowest BCUT2D eigenvalue weighted by Crippen LogP contribution is -2.14. The van der Waals surface area contributed by atoms with Gasteiger partial charge in [0.05, 0.1) is 12.0 Å². The summed E-state index contributed by atoms with van der Waals surface area (Å²) in [5, 5.41) is 20.2. The molecule has 0 saturated heterocycles. The number of benzene rings is 1. The van der Waals surface area contributed by atoms with Crippen molar-refractivity contribution in [3.8, 4) is 11.6 Å². The number of nitrogens with one attached hydrogen (secondary N) is 1. The van der Waals surface area contributed by atoms with Crippen LogP contribution < -0.4 is 10.3 Å². The van der Waals surface area contributed by atoms with Crippen LogP contribution in [-0.4, -0.2) is 39.7 Å². The molecule has 2 rings (SSSR count). The van der Waals surface area contributed by atoms with E-state index in [1.165, 1.54) is 19.3 Å². The first kappa shape index (κ1) is 19.1. The van der Waals surface area contributed by atoms with E-state index in [2.05, 4.69) is 30.6 Å². The van der Waals surface area contributed by atoms with Crippen LogP contribution in [0.3, 0.4) is 0 Å². The van der Waals surface area contributed by atoms with Crippen LogP contribution in [0.15, 0.2) is 27.5 Å². The average molecular weight is 426 g/mol. The Hall–Kier alpha value is -3.21. The normalized spacial score (nSPS) is 10.7. The van der Waals surface area contributed by atoms with E-state index in [1.807, 2.05) is 0 Å². The summed E-state index contributed by atoms with van der Waals surface area (Å²) in [7, 11) is 1.23. The van der Waals surface area contributed by atoms with E-state index in [4.69, 9.17) is 4.74 Å². The number of rotatable bonds is 6. The van der Waals surface area contributed by atoms with Gasteiger partial charge in [-0.15, -0.1) is 0 Å². The molecule has 1 aromatic heterocycles. The number of halogens is 1. The van der Waals surface area contributed by atoms with E-state index in [0.717, 1.165) is 4.47 Å². The zero-order valence-corrected chi connectivity index (χ0v) is 14.8. The van der Waals surface area contributed by atoms with Crippen molar-refractivity contribution in [1.29, 1.82) is 0 Å². The Balaban J connectivity index is 2.33. The zero-order valence-electron chi connectivity index (χ0n) is 13.3. The highest BCUT2D eigenvalue weighted by molar-refractivity contribution is 9.10. The van der Waals surface area contributed by atoms with Gasteiger partial charge in [0.15, 0.2) is 6.61 Å². The van der Waals surface area contributed by atoms with Crippen LogP contribution in [0.25, 0.3) is 12.2 Å². The van der Waals surface area contributed by atoms with E-state index >= 15 is 0 Å². The molecular formula is C15H12BrN3O7. The second kappa shape index (κ2) is 8.25. The molecule has 0 radical (unpaired) electrons. The van der Waals surface area contributed by atoms with Gasteiger partial charge in [0.1, 0.15) is 11.6 Å². The van der Waals surface area contributed by atoms with E-state index in [9.17, 15) is 24.8 Å². The minimum absolute atomic E-state index is 0.100. The van der Waals surface area contributed by atoms with Crippen molar-refractivity contribution >= 4 is 39.7 Å². The maximum Gasteiger partial charge on any atom is 0.395 e. The van der Waals surface area contributed by atoms with Gasteiger partial charge in [-0.2, -0.15) is 4.98 Å². The van der Waals surface area contributed by atoms with E-state index < -0.39 is 28.0 Å². The Labute approximate surface area is 154 Å². The number of aromatic nitrogens is 2. The van der Waals surface area contributed by atoms with Crippen molar-refractivity contribution in [2.75, 3.05) is 13.7 Å². The van der Waals surface area contributed by atoms with Gasteiger partial charge in [0.25, 0.3) is 5.88 Å². The summed E-state index contributed by atoms with van der Waals surface area (Å²) in [5.74, 6) is -1.30. The van der Waals surface area contributed by atoms with Gasteiger partial charge in [-0.25, -0.2) is 4.79 Å². The molecule has 11 heteroatoms. The summed E-state index contributed by atoms with van der Waals surface area (Å²) >= 11 is 3.30. The molecule has 2 aromatic rings. The van der Waals surface area contributed by atoms with Crippen LogP contribution in [-0.2, 0) is 9.53 Å². The second-order valence-corrected chi connectivity index (χ2v) is 5.68. The lowest BCUT2D eigenvalue weighted by Gasteiger charge is -2.08. The maximum atomic E-state index is 11.6. The van der Waals surface area contributed by atoms with E-state index in [1.54, 1.807) is 18.2 Å². The fourth-order valence-corrected chi connectivity index (χ4v) is 2.24. The van der Waals surface area contributed by atoms with Crippen LogP contribution in [0.1, 0.15) is 11.4 Å². The monoisotopic (exact) mass is 425 g/mol. The molecule has 0 bridgehead atoms. The van der Waals surface area contributed by atoms with Crippen LogP contribution in [0.4, 0.5) is 5.69 Å². The number of nitro groups is 1. The number of esters is 1. The lowest BCUT2D eigenvalue weighted by molar-refractivity contribution is -0.387. The first-order valence-corrected chi connectivity index (χ1v) is 7.76. The fourth-order valence-electron chi connectivity index (χ4n) is 1.86. The molecule has 0 saturated carbocycles. The average Bonchev–Trinajstić information content (AvgIpc) is 2.57. The molecule has 26 heavy (non-hydrogen) atoms. The topological polar surface area (TPSA) is 145 Å². The number of methoxy groups -OCH3 is 1. The summed E-state index contributed by atoms with van der Waals surface area (Å²) in [6, 6.07) is 4.98. The molecule has 0 amide bonds. The fraction of sp³-hybridized carbons (Fsp3) is 0.133. The van der Waals surface area contributed by atoms with Gasteiger partial charge < -0.3 is 19.6 Å². The molecule has 0 aliphatic carbocycles. The summed E-state index contributed by atoms with van der Waals surface area (Å²) in [6.07, 6.45) is 2.80. The van der Waals surface area contributed by atoms with Gasteiger partial charge in [-0.05, 0) is 30.4 Å². The van der Waals surface area contributed by atoms with E-state index in [-0.39, 0.29) is 12.4 Å². The summed E-state index contributed by atoms with van der Waals surface area (Å²) in [4.78, 5) is 38.2. The van der Waals surface area contributed by atoms with Gasteiger partial charge in [0, 0.05) is 10.0 Å². The predicted molar refractivity (Wildman–Crippen MR) is 93.8 cm³/mol. The van der Waals surface area contributed by atoms with Crippen molar-refractivity contribution in [3.63, 3.8) is 0 Å². The highest BCUT2D eigenvalue weighted by atomic mass is 79.9. The minimum atomic E-state index is -1.08. The number of H-pyrrole nitrogens is 1. The molecule has 1 aromatic carbocycles. The van der Waals surface area contributed by atoms with Gasteiger partial charge >= 0.3 is 17.2 Å². The molecule has 1 heterocycles. The Morgan fingerprint density at radius 1 is 1.46 bits per heavy atom. The van der Waals surface area contributed by atoms with Gasteiger partial charge in [-0.3, -0.25) is 14.9 Å². The Morgan fingerprint density at radius 2 is 2.19 bits per heavy atom. The largest absolute Gasteiger partial charge is 0.488 e. The summed E-state index contributed by atoms with van der Waals surface area (Å²) in [6.45, 7) is -0.299. The maximum absolute atomic E-state index is 11.6. The molecule has 0 unspecified atom stereocenters. The number of aromatic amines is 1. The molecule has 0 aliphatic rings. The third-order valence-corrected chi connectivity index (χ3v) is 3.54. The highest BCUT2D eigenvalue weighted by Gasteiger charge is 2.21. The number of aromatic hydroxyl groups is 1. The molecule has 0 aliphatic heterocycles. The number of hydrogen-bond acceptors (Lipinski definition) is 8. The van der Waals surface area contributed by atoms with Gasteiger partial charge in [-0.1, -0.05) is 15.9 Å². The predicted octanol–water partition coefficient (Wildman–Crippen LogP) is 1.87. The molecule has 2 N–H and O–H groups in total. The van der Waals surface area contributed by atoms with Crippen molar-refractivity contribution in [2.45, 2.75) is 0 Å². The van der Waals surface area contributed by atoms with Crippen molar-refractivity contribution in [2.24, 2.45) is 0 Å². The van der Waals surface area contributed by atoms with Crippen LogP contribution in [0.2, 0.25) is 0 Å². The molecule has 0 spiro atoms. The molecule has 0 fully saturated rings. The first-order chi connectivity index (χ1) is 12.3. The number of nitrogens with zero attached hydrogens (tertiary/aromatic N) is 2. The van der Waals surface area contributed by atoms with Gasteiger partial charge in [0.2, 0.25) is 0 Å². The smallest absolute Gasteiger partial charge is 0.395 e. The lowest BCUT2D eigenvalue weighted by atomic mass is 10.2. The summed E-state index contributed by atoms with van der Waals surface area (Å²) in [5.41, 5.74) is -1.60. The Bertz CT molecular complexity index is 939. The molecule has 0 atom stereocenters. The van der Waals surface area contributed by atoms with Crippen molar-refractivity contribution in [1.82, 2.24) is 9.97 Å². The third kappa shape index (κ3) is 4.66. The number of ether oxygens (including phenoxy) is 2. The molecule has 136 valence electrons. The highest BCUT2D eigenvalue weighted by Crippen LogP contribution is 2.25. The second-order valence-electron chi connectivity index (χ2n) is 4.76. The van der Waals surface area contributed by atoms with Crippen LogP contribution in [0, 0.1) is 10.1 Å². The van der Waals surface area contributed by atoms with Crippen LogP contribution in [0.5, 0.6) is 11.6 Å². The SMILES string of the molecule is COC(=O)COc1ccc(Br)cc1/C=C\c1nc(O)c([N+](=O)[O-])c(=O)[nH]1. The number of carbonyl (C=O) groups excluding carboxylic acids is 1. The molecule has 10 nitrogen and oxygen atoms in total. The standard InChI is InChI=1S/C15H12BrN3O7/c1-25-12(20)7-26-10-4-3-9(16)6-8(10)2-5-11-17-14(21)13(19(23)24)15(22)18-11/h2-6H,7H2,1H3,(H2,17,18,21,22)/b5-2-. The number of hydrogen-bond donors (Lipinski definition) is 2. The summed E-state index contributed by atoms with van der Waals surface area (Å²) < 4.78 is 10.6. The molecular weight excluding hydrogens is 414 g/mol. The first-order valence-electron chi connectivity index (χ1n) is 6.96. The minimum Gasteiger partial charge on any atom is -0.488 e. The van der Waals surface area contributed by atoms with Crippen molar-refractivity contribution in [3.05, 3.63) is 54.5 Å². The Kier molecular flexibility index (Phi) is 6.07. The zero-order chi connectivity index (χ0) is 19.3. The van der Waals surface area contributed by atoms with E-state index in [0.29, 0.717) is 11.3 Å². The van der Waals surface area contributed by atoms with Crippen LogP contribution >= 0.6 is 15.9 Å². The quantitative estimate of drug-likeness (QED) is 0.405. The Morgan fingerprint density at radius 3 is 2.81 bits per heavy atom. The third-order valence-electron chi connectivity index (χ3n) is 3.04.